The number of pyridine rings is 1. The van der Waals surface area contributed by atoms with Crippen LogP contribution < -0.4 is 5.32 Å². The number of hydrogen-bond acceptors (Lipinski definition) is 7. The third kappa shape index (κ3) is 5.65. The number of esters is 1. The molecule has 1 N–H and O–H groups in total. The Morgan fingerprint density at radius 2 is 2.04 bits per heavy atom. The number of carbonyl (C=O) groups is 1. The highest BCUT2D eigenvalue weighted by Crippen LogP contribution is 2.15. The van der Waals surface area contributed by atoms with Crippen molar-refractivity contribution in [2.24, 2.45) is 0 Å². The minimum Gasteiger partial charge on any atom is -0.462 e. The summed E-state index contributed by atoms with van der Waals surface area (Å²) in [5.74, 6) is 0.0416. The fourth-order valence-corrected chi connectivity index (χ4v) is 4.12. The van der Waals surface area contributed by atoms with Crippen LogP contribution in [0.1, 0.15) is 31.1 Å². The minimum absolute atomic E-state index is 0.0340. The number of morpholine rings is 1. The Morgan fingerprint density at radius 3 is 2.60 bits per heavy atom. The Morgan fingerprint density at radius 1 is 1.36 bits per heavy atom. The van der Waals surface area contributed by atoms with Gasteiger partial charge in [-0.05, 0) is 32.9 Å². The lowest BCUT2D eigenvalue weighted by Gasteiger charge is -2.34. The molecule has 140 valence electrons. The number of hydrogen-bond donors (Lipinski definition) is 1. The maximum atomic E-state index is 12.4. The summed E-state index contributed by atoms with van der Waals surface area (Å²) in [7, 11) is -3.36. The molecule has 2 unspecified atom stereocenters. The van der Waals surface area contributed by atoms with Gasteiger partial charge in [0.25, 0.3) is 0 Å². The predicted molar refractivity (Wildman–Crippen MR) is 94.1 cm³/mol. The number of ether oxygens (including phenoxy) is 2. The van der Waals surface area contributed by atoms with Crippen LogP contribution in [-0.4, -0.2) is 67.9 Å². The van der Waals surface area contributed by atoms with Crippen molar-refractivity contribution in [3.05, 3.63) is 23.9 Å². The molecule has 2 heterocycles. The molecule has 0 saturated carbocycles. The van der Waals surface area contributed by atoms with Crippen LogP contribution in [0.3, 0.4) is 0 Å². The molecule has 9 heteroatoms. The average molecular weight is 371 g/mol. The van der Waals surface area contributed by atoms with Crippen LogP contribution >= 0.6 is 0 Å². The first kappa shape index (κ1) is 19.6. The summed E-state index contributed by atoms with van der Waals surface area (Å²) < 4.78 is 36.8. The van der Waals surface area contributed by atoms with Gasteiger partial charge in [-0.25, -0.2) is 18.2 Å². The topological polar surface area (TPSA) is 97.8 Å². The van der Waals surface area contributed by atoms with E-state index in [-0.39, 0.29) is 24.5 Å². The van der Waals surface area contributed by atoms with E-state index in [9.17, 15) is 13.2 Å². The molecule has 0 bridgehead atoms. The SMILES string of the molecule is CCOC(=O)c1ccc(NCCS(=O)(=O)N2CC(C)OC(C)C2)nc1. The average Bonchev–Trinajstić information content (AvgIpc) is 2.54. The first-order valence-electron chi connectivity index (χ1n) is 8.32. The predicted octanol–water partition coefficient (Wildman–Crippen LogP) is 1.11. The van der Waals surface area contributed by atoms with Crippen molar-refractivity contribution in [1.82, 2.24) is 9.29 Å². The van der Waals surface area contributed by atoms with E-state index in [1.807, 2.05) is 13.8 Å². The van der Waals surface area contributed by atoms with E-state index in [0.717, 1.165) is 0 Å². The molecule has 0 aliphatic carbocycles. The normalized spacial score (nSPS) is 21.7. The highest BCUT2D eigenvalue weighted by atomic mass is 32.2. The first-order valence-corrected chi connectivity index (χ1v) is 9.93. The molecular weight excluding hydrogens is 346 g/mol. The van der Waals surface area contributed by atoms with Gasteiger partial charge in [0, 0.05) is 25.8 Å². The van der Waals surface area contributed by atoms with Crippen LogP contribution in [0.15, 0.2) is 18.3 Å². The van der Waals surface area contributed by atoms with Gasteiger partial charge in [-0.3, -0.25) is 0 Å². The quantitative estimate of drug-likeness (QED) is 0.717. The molecule has 1 fully saturated rings. The fourth-order valence-electron chi connectivity index (χ4n) is 2.63. The Hall–Kier alpha value is -1.71. The largest absolute Gasteiger partial charge is 0.462 e. The zero-order chi connectivity index (χ0) is 18.4. The lowest BCUT2D eigenvalue weighted by molar-refractivity contribution is -0.0440. The maximum absolute atomic E-state index is 12.4. The Bertz CT molecular complexity index is 668. The van der Waals surface area contributed by atoms with Gasteiger partial charge in [-0.2, -0.15) is 4.31 Å². The number of rotatable bonds is 7. The molecular formula is C16H25N3O5S. The summed E-state index contributed by atoms with van der Waals surface area (Å²) in [4.78, 5) is 15.6. The highest BCUT2D eigenvalue weighted by Gasteiger charge is 2.30. The van der Waals surface area contributed by atoms with Gasteiger partial charge >= 0.3 is 5.97 Å². The van der Waals surface area contributed by atoms with Crippen molar-refractivity contribution < 1.29 is 22.7 Å². The molecule has 0 amide bonds. The van der Waals surface area contributed by atoms with Crippen molar-refractivity contribution >= 4 is 21.8 Å². The zero-order valence-corrected chi connectivity index (χ0v) is 15.6. The molecule has 0 spiro atoms. The third-order valence-electron chi connectivity index (χ3n) is 3.72. The van der Waals surface area contributed by atoms with Gasteiger partial charge in [-0.1, -0.05) is 0 Å². The molecule has 2 atom stereocenters. The molecule has 8 nitrogen and oxygen atoms in total. The smallest absolute Gasteiger partial charge is 0.339 e. The minimum atomic E-state index is -3.36. The van der Waals surface area contributed by atoms with Crippen molar-refractivity contribution in [2.75, 3.05) is 37.3 Å². The van der Waals surface area contributed by atoms with Crippen LogP contribution in [0.25, 0.3) is 0 Å². The standard InChI is InChI=1S/C16H25N3O5S/c1-4-23-16(20)14-5-6-15(18-9-14)17-7-8-25(21,22)19-10-12(2)24-13(3)11-19/h5-6,9,12-13H,4,7-8,10-11H2,1-3H3,(H,17,18). The van der Waals surface area contributed by atoms with E-state index < -0.39 is 16.0 Å². The summed E-state index contributed by atoms with van der Waals surface area (Å²) >= 11 is 0. The second kappa shape index (κ2) is 8.59. The summed E-state index contributed by atoms with van der Waals surface area (Å²) in [6.45, 7) is 6.75. The molecule has 1 aliphatic heterocycles. The van der Waals surface area contributed by atoms with Crippen LogP contribution in [0.5, 0.6) is 0 Å². The van der Waals surface area contributed by atoms with Crippen LogP contribution in [0, 0.1) is 0 Å². The molecule has 1 aliphatic rings. The maximum Gasteiger partial charge on any atom is 0.339 e. The van der Waals surface area contributed by atoms with E-state index in [1.54, 1.807) is 19.1 Å². The van der Waals surface area contributed by atoms with Gasteiger partial charge in [0.2, 0.25) is 10.0 Å². The van der Waals surface area contributed by atoms with E-state index >= 15 is 0 Å². The molecule has 0 radical (unpaired) electrons. The molecule has 25 heavy (non-hydrogen) atoms. The van der Waals surface area contributed by atoms with Gasteiger partial charge in [0.05, 0.1) is 30.1 Å². The summed E-state index contributed by atoms with van der Waals surface area (Å²) in [6.07, 6.45) is 1.19. The Kier molecular flexibility index (Phi) is 6.74. The lowest BCUT2D eigenvalue weighted by Crippen LogP contribution is -2.49. The molecule has 1 saturated heterocycles. The van der Waals surface area contributed by atoms with Crippen molar-refractivity contribution in [3.8, 4) is 0 Å². The summed E-state index contributed by atoms with van der Waals surface area (Å²) in [5, 5.41) is 2.96. The van der Waals surface area contributed by atoms with Crippen LogP contribution in [-0.2, 0) is 19.5 Å². The van der Waals surface area contributed by atoms with Gasteiger partial charge in [0.1, 0.15) is 5.82 Å². The number of nitrogens with zero attached hydrogens (tertiary/aromatic N) is 2. The van der Waals surface area contributed by atoms with Crippen LogP contribution in [0.2, 0.25) is 0 Å². The van der Waals surface area contributed by atoms with E-state index in [1.165, 1.54) is 10.5 Å². The Balaban J connectivity index is 1.86. The van der Waals surface area contributed by atoms with E-state index in [0.29, 0.717) is 31.1 Å². The summed E-state index contributed by atoms with van der Waals surface area (Å²) in [6, 6.07) is 3.21. The second-order valence-corrected chi connectivity index (χ2v) is 8.06. The second-order valence-electron chi connectivity index (χ2n) is 5.97. The number of nitrogens with one attached hydrogen (secondary N) is 1. The van der Waals surface area contributed by atoms with Crippen LogP contribution in [0.4, 0.5) is 5.82 Å². The number of carbonyl (C=O) groups excluding carboxylic acids is 1. The van der Waals surface area contributed by atoms with E-state index in [4.69, 9.17) is 9.47 Å². The van der Waals surface area contributed by atoms with Crippen molar-refractivity contribution in [2.45, 2.75) is 33.0 Å². The first-order chi connectivity index (χ1) is 11.8. The molecule has 2 rings (SSSR count). The van der Waals surface area contributed by atoms with Gasteiger partial charge in [-0.15, -0.1) is 0 Å². The van der Waals surface area contributed by atoms with Gasteiger partial charge in [0.15, 0.2) is 0 Å². The molecule has 1 aromatic rings. The number of sulfonamides is 1. The Labute approximate surface area is 148 Å². The fraction of sp³-hybridized carbons (Fsp3) is 0.625. The lowest BCUT2D eigenvalue weighted by atomic mass is 10.3. The highest BCUT2D eigenvalue weighted by molar-refractivity contribution is 7.89. The summed E-state index contributed by atoms with van der Waals surface area (Å²) in [5.41, 5.74) is 0.358. The zero-order valence-electron chi connectivity index (χ0n) is 14.8. The van der Waals surface area contributed by atoms with Crippen molar-refractivity contribution in [1.29, 1.82) is 0 Å². The van der Waals surface area contributed by atoms with Crippen molar-refractivity contribution in [3.63, 3.8) is 0 Å². The molecule has 0 aromatic carbocycles. The van der Waals surface area contributed by atoms with Gasteiger partial charge < -0.3 is 14.8 Å². The monoisotopic (exact) mass is 371 g/mol. The molecule has 1 aromatic heterocycles. The number of anilines is 1. The van der Waals surface area contributed by atoms with E-state index in [2.05, 4.69) is 10.3 Å². The number of aromatic nitrogens is 1. The third-order valence-corrected chi connectivity index (χ3v) is 5.53.